The van der Waals surface area contributed by atoms with Gasteiger partial charge in [-0.05, 0) is 25.0 Å². The smallest absolute Gasteiger partial charge is 0.151 e. The molecule has 90 valence electrons. The third-order valence-corrected chi connectivity index (χ3v) is 2.70. The fraction of sp³-hybridized carbons (Fsp3) is 0.615. The molecule has 0 radical (unpaired) electrons. The van der Waals surface area contributed by atoms with Crippen molar-refractivity contribution < 1.29 is 0 Å². The van der Waals surface area contributed by atoms with Crippen molar-refractivity contribution in [2.75, 3.05) is 24.3 Å². The molecule has 1 atom stereocenters. The van der Waals surface area contributed by atoms with Gasteiger partial charge in [0.1, 0.15) is 0 Å². The van der Waals surface area contributed by atoms with E-state index in [0.29, 0.717) is 6.04 Å². The summed E-state index contributed by atoms with van der Waals surface area (Å²) < 4.78 is 0. The van der Waals surface area contributed by atoms with E-state index in [1.54, 1.807) is 0 Å². The van der Waals surface area contributed by atoms with Crippen LogP contribution in [0.15, 0.2) is 18.3 Å². The zero-order valence-electron chi connectivity index (χ0n) is 10.8. The zero-order valence-corrected chi connectivity index (χ0v) is 10.8. The maximum atomic E-state index is 4.39. The molecule has 0 aromatic carbocycles. The van der Waals surface area contributed by atoms with Gasteiger partial charge in [-0.25, -0.2) is 4.98 Å². The standard InChI is InChI=1S/C13H23N3/c1-5-8-11(6-2)15-12-9-7-10-14-13(12)16(3)4/h7,9-11,15H,5-6,8H2,1-4H3. The van der Waals surface area contributed by atoms with E-state index >= 15 is 0 Å². The van der Waals surface area contributed by atoms with Crippen LogP contribution >= 0.6 is 0 Å². The van der Waals surface area contributed by atoms with Crippen LogP contribution in [0.2, 0.25) is 0 Å². The number of hydrogen-bond acceptors (Lipinski definition) is 3. The zero-order chi connectivity index (χ0) is 12.0. The van der Waals surface area contributed by atoms with Crippen molar-refractivity contribution >= 4 is 11.5 Å². The van der Waals surface area contributed by atoms with Gasteiger partial charge in [0.2, 0.25) is 0 Å². The minimum atomic E-state index is 0.549. The molecule has 0 spiro atoms. The predicted molar refractivity (Wildman–Crippen MR) is 71.2 cm³/mol. The van der Waals surface area contributed by atoms with Crippen LogP contribution in [0, 0.1) is 0 Å². The van der Waals surface area contributed by atoms with Crippen LogP contribution in [0.3, 0.4) is 0 Å². The largest absolute Gasteiger partial charge is 0.379 e. The van der Waals surface area contributed by atoms with E-state index in [4.69, 9.17) is 0 Å². The molecule has 0 amide bonds. The van der Waals surface area contributed by atoms with Gasteiger partial charge in [-0.2, -0.15) is 0 Å². The molecule has 0 aliphatic rings. The SMILES string of the molecule is CCCC(CC)Nc1cccnc1N(C)C. The third kappa shape index (κ3) is 3.40. The molecule has 0 aliphatic carbocycles. The van der Waals surface area contributed by atoms with Gasteiger partial charge in [-0.15, -0.1) is 0 Å². The summed E-state index contributed by atoms with van der Waals surface area (Å²) in [6, 6.07) is 4.63. The lowest BCUT2D eigenvalue weighted by Gasteiger charge is -2.22. The van der Waals surface area contributed by atoms with Crippen LogP contribution in [0.5, 0.6) is 0 Å². The molecule has 3 nitrogen and oxygen atoms in total. The quantitative estimate of drug-likeness (QED) is 0.800. The Bertz CT molecular complexity index is 310. The maximum absolute atomic E-state index is 4.39. The number of aromatic nitrogens is 1. The summed E-state index contributed by atoms with van der Waals surface area (Å²) in [7, 11) is 4.04. The number of hydrogen-bond donors (Lipinski definition) is 1. The van der Waals surface area contributed by atoms with Crippen molar-refractivity contribution in [2.45, 2.75) is 39.2 Å². The van der Waals surface area contributed by atoms with Crippen molar-refractivity contribution in [3.05, 3.63) is 18.3 Å². The van der Waals surface area contributed by atoms with Crippen molar-refractivity contribution in [1.29, 1.82) is 0 Å². The Morgan fingerprint density at radius 2 is 2.12 bits per heavy atom. The molecular formula is C13H23N3. The highest BCUT2D eigenvalue weighted by Crippen LogP contribution is 2.22. The van der Waals surface area contributed by atoms with Gasteiger partial charge in [-0.3, -0.25) is 0 Å². The van der Waals surface area contributed by atoms with Crippen LogP contribution in [-0.2, 0) is 0 Å². The molecule has 3 heteroatoms. The summed E-state index contributed by atoms with van der Waals surface area (Å²) in [5.41, 5.74) is 1.13. The summed E-state index contributed by atoms with van der Waals surface area (Å²) in [5.74, 6) is 1.01. The Balaban J connectivity index is 2.78. The highest BCUT2D eigenvalue weighted by Gasteiger charge is 2.09. The molecule has 1 aromatic rings. The molecule has 0 saturated heterocycles. The Kier molecular flexibility index (Phi) is 5.09. The highest BCUT2D eigenvalue weighted by atomic mass is 15.2. The Morgan fingerprint density at radius 1 is 1.38 bits per heavy atom. The molecule has 1 aromatic heterocycles. The molecule has 1 rings (SSSR count). The molecule has 0 saturated carbocycles. The van der Waals surface area contributed by atoms with Crippen molar-refractivity contribution in [1.82, 2.24) is 4.98 Å². The third-order valence-electron chi connectivity index (χ3n) is 2.70. The first kappa shape index (κ1) is 12.8. The molecular weight excluding hydrogens is 198 g/mol. The van der Waals surface area contributed by atoms with E-state index in [-0.39, 0.29) is 0 Å². The van der Waals surface area contributed by atoms with Crippen LogP contribution in [0.4, 0.5) is 11.5 Å². The summed E-state index contributed by atoms with van der Waals surface area (Å²) in [5, 5.41) is 3.58. The van der Waals surface area contributed by atoms with Gasteiger partial charge in [-0.1, -0.05) is 20.3 Å². The minimum absolute atomic E-state index is 0.549. The summed E-state index contributed by atoms with van der Waals surface area (Å²) in [6.07, 6.45) is 5.40. The minimum Gasteiger partial charge on any atom is -0.379 e. The fourth-order valence-corrected chi connectivity index (χ4v) is 1.81. The van der Waals surface area contributed by atoms with Gasteiger partial charge in [0.25, 0.3) is 0 Å². The lowest BCUT2D eigenvalue weighted by atomic mass is 10.1. The fourth-order valence-electron chi connectivity index (χ4n) is 1.81. The lowest BCUT2D eigenvalue weighted by Crippen LogP contribution is -2.21. The van der Waals surface area contributed by atoms with Crippen molar-refractivity contribution in [2.24, 2.45) is 0 Å². The van der Waals surface area contributed by atoms with Gasteiger partial charge >= 0.3 is 0 Å². The predicted octanol–water partition coefficient (Wildman–Crippen LogP) is 3.14. The van der Waals surface area contributed by atoms with Gasteiger partial charge < -0.3 is 10.2 Å². The second kappa shape index (κ2) is 6.36. The number of pyridine rings is 1. The molecule has 16 heavy (non-hydrogen) atoms. The Labute approximate surface area is 98.9 Å². The van der Waals surface area contributed by atoms with Gasteiger partial charge in [0.05, 0.1) is 5.69 Å². The summed E-state index contributed by atoms with van der Waals surface area (Å²) >= 11 is 0. The second-order valence-electron chi connectivity index (χ2n) is 4.31. The monoisotopic (exact) mass is 221 g/mol. The van der Waals surface area contributed by atoms with Gasteiger partial charge in [0.15, 0.2) is 5.82 Å². The Hall–Kier alpha value is -1.25. The van der Waals surface area contributed by atoms with E-state index < -0.39 is 0 Å². The molecule has 0 fully saturated rings. The average Bonchev–Trinajstić information content (AvgIpc) is 2.29. The van der Waals surface area contributed by atoms with E-state index in [9.17, 15) is 0 Å². The van der Waals surface area contributed by atoms with Crippen LogP contribution in [0.1, 0.15) is 33.1 Å². The van der Waals surface area contributed by atoms with Crippen LogP contribution < -0.4 is 10.2 Å². The Morgan fingerprint density at radius 3 is 2.69 bits per heavy atom. The highest BCUT2D eigenvalue weighted by molar-refractivity contribution is 5.65. The van der Waals surface area contributed by atoms with E-state index in [1.807, 2.05) is 31.3 Å². The summed E-state index contributed by atoms with van der Waals surface area (Å²) in [4.78, 5) is 6.43. The number of nitrogens with one attached hydrogen (secondary N) is 1. The molecule has 1 heterocycles. The first-order valence-corrected chi connectivity index (χ1v) is 6.07. The van der Waals surface area contributed by atoms with E-state index in [1.165, 1.54) is 12.8 Å². The maximum Gasteiger partial charge on any atom is 0.151 e. The summed E-state index contributed by atoms with van der Waals surface area (Å²) in [6.45, 7) is 4.44. The van der Waals surface area contributed by atoms with Gasteiger partial charge in [0, 0.05) is 26.3 Å². The second-order valence-corrected chi connectivity index (χ2v) is 4.31. The normalized spacial score (nSPS) is 12.2. The molecule has 1 N–H and O–H groups in total. The van der Waals surface area contributed by atoms with E-state index in [2.05, 4.69) is 30.2 Å². The first-order valence-electron chi connectivity index (χ1n) is 6.07. The first-order chi connectivity index (χ1) is 7.69. The average molecular weight is 221 g/mol. The lowest BCUT2D eigenvalue weighted by molar-refractivity contribution is 0.622. The number of anilines is 2. The molecule has 1 unspecified atom stereocenters. The number of rotatable bonds is 6. The van der Waals surface area contributed by atoms with Crippen LogP contribution in [-0.4, -0.2) is 25.1 Å². The molecule has 0 aliphatic heterocycles. The topological polar surface area (TPSA) is 28.2 Å². The van der Waals surface area contributed by atoms with Crippen molar-refractivity contribution in [3.8, 4) is 0 Å². The van der Waals surface area contributed by atoms with E-state index in [0.717, 1.165) is 17.9 Å². The van der Waals surface area contributed by atoms with Crippen molar-refractivity contribution in [3.63, 3.8) is 0 Å². The molecule has 0 bridgehead atoms. The number of nitrogens with zero attached hydrogens (tertiary/aromatic N) is 2. The van der Waals surface area contributed by atoms with Crippen LogP contribution in [0.25, 0.3) is 0 Å².